The minimum atomic E-state index is -0.651. The first-order valence-corrected chi connectivity index (χ1v) is 6.19. The van der Waals surface area contributed by atoms with Crippen molar-refractivity contribution in [2.45, 2.75) is 37.1 Å². The molecule has 5 heteroatoms. The molecule has 2 N–H and O–H groups in total. The van der Waals surface area contributed by atoms with Crippen molar-refractivity contribution in [3.63, 3.8) is 0 Å². The number of halogens is 3. The first-order valence-electron chi connectivity index (χ1n) is 5.32. The third-order valence-corrected chi connectivity index (χ3v) is 3.71. The van der Waals surface area contributed by atoms with E-state index in [1.165, 1.54) is 0 Å². The van der Waals surface area contributed by atoms with E-state index in [0.717, 1.165) is 32.4 Å². The highest BCUT2D eigenvalue weighted by atomic mass is 79.9. The maximum atomic E-state index is 9.61. The topological polar surface area (TPSA) is 32.3 Å². The lowest BCUT2D eigenvalue weighted by molar-refractivity contribution is 0.118. The van der Waals surface area contributed by atoms with Gasteiger partial charge in [-0.3, -0.25) is 0 Å². The molecule has 1 fully saturated rings. The first-order chi connectivity index (χ1) is 6.65. The number of rotatable bonds is 4. The number of hydrogen-bond acceptors (Lipinski definition) is 2. The van der Waals surface area contributed by atoms with Gasteiger partial charge in [0.2, 0.25) is 0 Å². The fourth-order valence-corrected chi connectivity index (χ4v) is 2.38. The third kappa shape index (κ3) is 5.22. The number of alkyl halides is 2. The van der Waals surface area contributed by atoms with Crippen molar-refractivity contribution < 1.29 is 5.11 Å². The molecule has 0 aromatic carbocycles. The lowest BCUT2D eigenvalue weighted by atomic mass is 9.81. The maximum absolute atomic E-state index is 9.61. The Hall–Kier alpha value is 0.980. The van der Waals surface area contributed by atoms with Gasteiger partial charge in [-0.05, 0) is 37.8 Å². The number of aliphatic hydroxyl groups excluding tert-OH is 1. The monoisotopic (exact) mass is 319 g/mol. The highest BCUT2D eigenvalue weighted by molar-refractivity contribution is 8.93. The predicted octanol–water partition coefficient (Wildman–Crippen LogP) is 2.75. The Morgan fingerprint density at radius 3 is 2.60 bits per heavy atom. The van der Waals surface area contributed by atoms with Crippen LogP contribution in [0.5, 0.6) is 0 Å². The minimum Gasteiger partial charge on any atom is -0.390 e. The summed E-state index contributed by atoms with van der Waals surface area (Å²) in [5, 5.41) is 13.0. The lowest BCUT2D eigenvalue weighted by Gasteiger charge is -2.33. The zero-order valence-electron chi connectivity index (χ0n) is 8.96. The summed E-state index contributed by atoms with van der Waals surface area (Å²) < 4.78 is 0. The highest BCUT2D eigenvalue weighted by Gasteiger charge is 2.27. The van der Waals surface area contributed by atoms with Crippen LogP contribution in [-0.4, -0.2) is 29.1 Å². The van der Waals surface area contributed by atoms with Crippen LogP contribution in [0.3, 0.4) is 0 Å². The number of hydrogen-bond donors (Lipinski definition) is 2. The second-order valence-corrected chi connectivity index (χ2v) is 5.22. The molecule has 0 spiro atoms. The van der Waals surface area contributed by atoms with Crippen molar-refractivity contribution in [1.29, 1.82) is 0 Å². The van der Waals surface area contributed by atoms with E-state index in [1.807, 2.05) is 0 Å². The van der Waals surface area contributed by atoms with Crippen molar-refractivity contribution in [3.8, 4) is 0 Å². The fraction of sp³-hybridized carbons (Fsp3) is 1.00. The van der Waals surface area contributed by atoms with Gasteiger partial charge in [-0.2, -0.15) is 0 Å². The zero-order valence-corrected chi connectivity index (χ0v) is 12.2. The van der Waals surface area contributed by atoms with Crippen LogP contribution < -0.4 is 5.32 Å². The van der Waals surface area contributed by atoms with E-state index in [0.29, 0.717) is 11.8 Å². The van der Waals surface area contributed by atoms with Crippen molar-refractivity contribution in [3.05, 3.63) is 0 Å². The molecule has 2 nitrogen and oxygen atoms in total. The summed E-state index contributed by atoms with van der Waals surface area (Å²) in [7, 11) is 0. The van der Waals surface area contributed by atoms with E-state index < -0.39 is 10.9 Å². The summed E-state index contributed by atoms with van der Waals surface area (Å²) in [5.41, 5.74) is 0. The Morgan fingerprint density at radius 1 is 1.40 bits per heavy atom. The van der Waals surface area contributed by atoms with Gasteiger partial charge in [0.1, 0.15) is 4.84 Å². The van der Waals surface area contributed by atoms with Crippen molar-refractivity contribution in [1.82, 2.24) is 5.32 Å². The molecule has 3 atom stereocenters. The Morgan fingerprint density at radius 2 is 2.07 bits per heavy atom. The van der Waals surface area contributed by atoms with Gasteiger partial charge in [-0.15, -0.1) is 40.2 Å². The number of aliphatic hydroxyl groups is 1. The molecular weight excluding hydrogens is 301 g/mol. The first kappa shape index (κ1) is 16.0. The molecule has 92 valence electrons. The molecule has 1 rings (SSSR count). The molecule has 1 aliphatic heterocycles. The molecule has 1 heterocycles. The summed E-state index contributed by atoms with van der Waals surface area (Å²) in [6.45, 7) is 4.29. The van der Waals surface area contributed by atoms with Crippen LogP contribution in [0.1, 0.15) is 26.2 Å². The van der Waals surface area contributed by atoms with E-state index in [9.17, 15) is 5.11 Å². The second-order valence-electron chi connectivity index (χ2n) is 4.06. The van der Waals surface area contributed by atoms with Gasteiger partial charge < -0.3 is 10.4 Å². The molecule has 0 bridgehead atoms. The average Bonchev–Trinajstić information content (AvgIpc) is 2.18. The van der Waals surface area contributed by atoms with Gasteiger partial charge in [-0.25, -0.2) is 0 Å². The molecule has 0 unspecified atom stereocenters. The molecule has 1 saturated heterocycles. The van der Waals surface area contributed by atoms with Crippen LogP contribution in [0.2, 0.25) is 0 Å². The van der Waals surface area contributed by atoms with E-state index in [4.69, 9.17) is 23.2 Å². The highest BCUT2D eigenvalue weighted by Crippen LogP contribution is 2.28. The summed E-state index contributed by atoms with van der Waals surface area (Å²) in [5.74, 6) is 1.22. The Balaban J connectivity index is 0.00000196. The smallest absolute Gasteiger partial charge is 0.133 e. The van der Waals surface area contributed by atoms with Crippen LogP contribution in [0, 0.1) is 11.8 Å². The Kier molecular flexibility index (Phi) is 8.66. The van der Waals surface area contributed by atoms with Gasteiger partial charge in [-0.1, -0.05) is 13.3 Å². The molecule has 1 aliphatic rings. The summed E-state index contributed by atoms with van der Waals surface area (Å²) >= 11 is 11.3. The Labute approximate surface area is 112 Å². The van der Waals surface area contributed by atoms with E-state index >= 15 is 0 Å². The number of nitrogens with one attached hydrogen (secondary N) is 1. The summed E-state index contributed by atoms with van der Waals surface area (Å²) in [6.07, 6.45) is 2.43. The quantitative estimate of drug-likeness (QED) is 0.781. The minimum absolute atomic E-state index is 0. The predicted molar refractivity (Wildman–Crippen MR) is 71.2 cm³/mol. The van der Waals surface area contributed by atoms with Crippen LogP contribution in [-0.2, 0) is 0 Å². The molecule has 15 heavy (non-hydrogen) atoms. The fourth-order valence-electron chi connectivity index (χ4n) is 2.18. The van der Waals surface area contributed by atoms with Crippen molar-refractivity contribution >= 4 is 40.2 Å². The molecule has 0 amide bonds. The van der Waals surface area contributed by atoms with Crippen LogP contribution >= 0.6 is 40.2 Å². The van der Waals surface area contributed by atoms with E-state index in [1.54, 1.807) is 0 Å². The molecule has 0 aliphatic carbocycles. The molecule has 0 aromatic rings. The average molecular weight is 321 g/mol. The SMILES string of the molecule is Br.CC[C@H]1CNCC[C@H]1C[C@H](O)C(Cl)Cl. The maximum Gasteiger partial charge on any atom is 0.133 e. The zero-order chi connectivity index (χ0) is 10.6. The van der Waals surface area contributed by atoms with Crippen molar-refractivity contribution in [2.75, 3.05) is 13.1 Å². The van der Waals surface area contributed by atoms with Crippen LogP contribution in [0.15, 0.2) is 0 Å². The molecule has 0 radical (unpaired) electrons. The molecule has 0 aromatic heterocycles. The normalized spacial score (nSPS) is 28.6. The van der Waals surface area contributed by atoms with E-state index in [2.05, 4.69) is 12.2 Å². The Bertz CT molecular complexity index is 172. The largest absolute Gasteiger partial charge is 0.390 e. The molecule has 0 saturated carbocycles. The molecular formula is C10H20BrCl2NO. The van der Waals surface area contributed by atoms with Gasteiger partial charge in [0.25, 0.3) is 0 Å². The lowest BCUT2D eigenvalue weighted by Crippen LogP contribution is -2.38. The third-order valence-electron chi connectivity index (χ3n) is 3.12. The van der Waals surface area contributed by atoms with Gasteiger partial charge in [0.05, 0.1) is 6.10 Å². The van der Waals surface area contributed by atoms with Crippen molar-refractivity contribution in [2.24, 2.45) is 11.8 Å². The standard InChI is InChI=1S/C10H19Cl2NO.BrH/c1-2-7-6-13-4-3-8(7)5-9(14)10(11)12;/h7-10,13-14H,2-6H2,1H3;1H/t7-,8-,9-;/m0./s1. The van der Waals surface area contributed by atoms with Gasteiger partial charge in [0, 0.05) is 0 Å². The van der Waals surface area contributed by atoms with Crippen LogP contribution in [0.4, 0.5) is 0 Å². The van der Waals surface area contributed by atoms with Gasteiger partial charge in [0.15, 0.2) is 0 Å². The number of piperidine rings is 1. The second kappa shape index (κ2) is 8.13. The summed E-state index contributed by atoms with van der Waals surface area (Å²) in [6, 6.07) is 0. The van der Waals surface area contributed by atoms with Crippen LogP contribution in [0.25, 0.3) is 0 Å². The van der Waals surface area contributed by atoms with E-state index in [-0.39, 0.29) is 17.0 Å². The summed E-state index contributed by atoms with van der Waals surface area (Å²) in [4.78, 5) is -0.651. The van der Waals surface area contributed by atoms with Gasteiger partial charge >= 0.3 is 0 Å².